The summed E-state index contributed by atoms with van der Waals surface area (Å²) in [5, 5.41) is 23.2. The number of anilines is 1. The van der Waals surface area contributed by atoms with Crippen molar-refractivity contribution in [2.75, 3.05) is 11.3 Å². The monoisotopic (exact) mass is 359 g/mol. The summed E-state index contributed by atoms with van der Waals surface area (Å²) in [6, 6.07) is 12.3. The van der Waals surface area contributed by atoms with Gasteiger partial charge in [0.2, 0.25) is 5.90 Å². The molecule has 2 aromatic rings. The maximum absolute atomic E-state index is 11.2. The van der Waals surface area contributed by atoms with Crippen molar-refractivity contribution >= 4 is 35.9 Å². The van der Waals surface area contributed by atoms with Crippen LogP contribution in [0.15, 0.2) is 47.4 Å². The zero-order valence-electron chi connectivity index (χ0n) is 13.4. The zero-order chi connectivity index (χ0) is 18.2. The SMILES string of the molecule is Cc1ccc(SNc2ccc(OCC(=N)OC=N)cc2)cc1C(=O)O. The maximum Gasteiger partial charge on any atom is 0.335 e. The van der Waals surface area contributed by atoms with Crippen molar-refractivity contribution in [3.63, 3.8) is 0 Å². The minimum absolute atomic E-state index is 0.0573. The van der Waals surface area contributed by atoms with Crippen LogP contribution in [0.1, 0.15) is 15.9 Å². The molecule has 0 saturated carbocycles. The van der Waals surface area contributed by atoms with E-state index >= 15 is 0 Å². The highest BCUT2D eigenvalue weighted by atomic mass is 32.2. The topological polar surface area (TPSA) is 115 Å². The molecule has 25 heavy (non-hydrogen) atoms. The smallest absolute Gasteiger partial charge is 0.335 e. The Morgan fingerprint density at radius 2 is 2.00 bits per heavy atom. The number of ether oxygens (including phenoxy) is 2. The van der Waals surface area contributed by atoms with Gasteiger partial charge in [-0.1, -0.05) is 6.07 Å². The number of carboxylic acid groups (broad SMARTS) is 1. The maximum atomic E-state index is 11.2. The van der Waals surface area contributed by atoms with E-state index in [1.54, 1.807) is 43.3 Å². The van der Waals surface area contributed by atoms with E-state index in [1.165, 1.54) is 11.9 Å². The zero-order valence-corrected chi connectivity index (χ0v) is 14.2. The molecule has 2 aromatic carbocycles. The van der Waals surface area contributed by atoms with Gasteiger partial charge in [-0.05, 0) is 60.8 Å². The van der Waals surface area contributed by atoms with Crippen LogP contribution in [0.3, 0.4) is 0 Å². The summed E-state index contributed by atoms with van der Waals surface area (Å²) in [4.78, 5) is 11.9. The van der Waals surface area contributed by atoms with E-state index in [0.29, 0.717) is 12.2 Å². The first-order valence-corrected chi connectivity index (χ1v) is 8.04. The van der Waals surface area contributed by atoms with Gasteiger partial charge in [-0.2, -0.15) is 0 Å². The van der Waals surface area contributed by atoms with Crippen LogP contribution in [0.4, 0.5) is 5.69 Å². The van der Waals surface area contributed by atoms with Crippen LogP contribution >= 0.6 is 11.9 Å². The molecule has 130 valence electrons. The van der Waals surface area contributed by atoms with E-state index in [4.69, 9.17) is 20.7 Å². The first-order valence-electron chi connectivity index (χ1n) is 7.22. The molecule has 0 aliphatic heterocycles. The Hall–Kier alpha value is -3.00. The number of hydrogen-bond donors (Lipinski definition) is 4. The molecule has 0 saturated heterocycles. The predicted molar refractivity (Wildman–Crippen MR) is 97.2 cm³/mol. The molecule has 0 unspecified atom stereocenters. The van der Waals surface area contributed by atoms with Gasteiger partial charge in [-0.25, -0.2) is 4.79 Å². The van der Waals surface area contributed by atoms with E-state index < -0.39 is 5.97 Å². The molecular weight excluding hydrogens is 342 g/mol. The van der Waals surface area contributed by atoms with E-state index in [2.05, 4.69) is 9.46 Å². The van der Waals surface area contributed by atoms with E-state index in [-0.39, 0.29) is 18.1 Å². The van der Waals surface area contributed by atoms with Crippen LogP contribution in [0.25, 0.3) is 0 Å². The van der Waals surface area contributed by atoms with Crippen molar-refractivity contribution in [2.45, 2.75) is 11.8 Å². The molecule has 0 amide bonds. The van der Waals surface area contributed by atoms with Crippen molar-refractivity contribution < 1.29 is 19.4 Å². The average Bonchev–Trinajstić information content (AvgIpc) is 2.60. The Labute approximate surface area is 149 Å². The molecule has 7 nitrogen and oxygen atoms in total. The van der Waals surface area contributed by atoms with Crippen molar-refractivity contribution in [3.8, 4) is 5.75 Å². The van der Waals surface area contributed by atoms with Gasteiger partial charge in [0, 0.05) is 10.6 Å². The lowest BCUT2D eigenvalue weighted by Crippen LogP contribution is -2.12. The average molecular weight is 359 g/mol. The lowest BCUT2D eigenvalue weighted by Gasteiger charge is -2.09. The Morgan fingerprint density at radius 1 is 1.28 bits per heavy atom. The largest absolute Gasteiger partial charge is 0.484 e. The van der Waals surface area contributed by atoms with Crippen molar-refractivity contribution in [3.05, 3.63) is 53.6 Å². The van der Waals surface area contributed by atoms with Gasteiger partial charge in [0.25, 0.3) is 0 Å². The van der Waals surface area contributed by atoms with E-state index in [9.17, 15) is 4.79 Å². The highest BCUT2D eigenvalue weighted by molar-refractivity contribution is 8.00. The van der Waals surface area contributed by atoms with Crippen molar-refractivity contribution in [2.24, 2.45) is 0 Å². The quantitative estimate of drug-likeness (QED) is 0.324. The van der Waals surface area contributed by atoms with Gasteiger partial charge in [0.1, 0.15) is 5.75 Å². The van der Waals surface area contributed by atoms with Gasteiger partial charge < -0.3 is 19.3 Å². The Bertz CT molecular complexity index is 778. The van der Waals surface area contributed by atoms with Crippen LogP contribution in [0.2, 0.25) is 0 Å². The number of carboxylic acids is 1. The van der Waals surface area contributed by atoms with Gasteiger partial charge in [0.05, 0.1) is 5.56 Å². The molecule has 0 atom stereocenters. The molecule has 2 rings (SSSR count). The van der Waals surface area contributed by atoms with Crippen LogP contribution in [0, 0.1) is 17.7 Å². The lowest BCUT2D eigenvalue weighted by molar-refractivity contribution is 0.0696. The molecule has 0 bridgehead atoms. The van der Waals surface area contributed by atoms with E-state index in [1.807, 2.05) is 6.07 Å². The van der Waals surface area contributed by atoms with Gasteiger partial charge >= 0.3 is 5.97 Å². The summed E-state index contributed by atoms with van der Waals surface area (Å²) in [6.07, 6.45) is 0.677. The normalized spacial score (nSPS) is 9.96. The molecule has 0 radical (unpaired) electrons. The second-order valence-electron chi connectivity index (χ2n) is 4.96. The number of carbonyl (C=O) groups is 1. The predicted octanol–water partition coefficient (Wildman–Crippen LogP) is 3.79. The molecule has 0 heterocycles. The standard InChI is InChI=1S/C17H17N3O4S/c1-11-2-7-14(8-15(11)17(21)22)25-20-12-3-5-13(6-4-12)23-9-16(19)24-10-18/h2-8,10,18-20H,9H2,1H3,(H,21,22). The molecule has 0 spiro atoms. The summed E-state index contributed by atoms with van der Waals surface area (Å²) in [5.41, 5.74) is 1.82. The fraction of sp³-hybridized carbons (Fsp3) is 0.118. The van der Waals surface area contributed by atoms with Crippen molar-refractivity contribution in [1.29, 1.82) is 10.8 Å². The van der Waals surface area contributed by atoms with Gasteiger partial charge in [-0.3, -0.25) is 10.8 Å². The summed E-state index contributed by atoms with van der Waals surface area (Å²) in [7, 11) is 0. The fourth-order valence-electron chi connectivity index (χ4n) is 1.89. The Kier molecular flexibility index (Phi) is 6.41. The fourth-order valence-corrected chi connectivity index (χ4v) is 2.57. The third-order valence-electron chi connectivity index (χ3n) is 3.15. The molecule has 8 heteroatoms. The minimum Gasteiger partial charge on any atom is -0.484 e. The third-order valence-corrected chi connectivity index (χ3v) is 3.98. The number of rotatable bonds is 8. The number of aromatic carboxylic acids is 1. The minimum atomic E-state index is -0.945. The number of benzene rings is 2. The summed E-state index contributed by atoms with van der Waals surface area (Å²) in [6.45, 7) is 1.70. The van der Waals surface area contributed by atoms with Gasteiger partial charge in [0.15, 0.2) is 13.0 Å². The molecule has 4 N–H and O–H groups in total. The van der Waals surface area contributed by atoms with Crippen LogP contribution < -0.4 is 9.46 Å². The van der Waals surface area contributed by atoms with Gasteiger partial charge in [-0.15, -0.1) is 0 Å². The van der Waals surface area contributed by atoms with Crippen LogP contribution in [0.5, 0.6) is 5.75 Å². The van der Waals surface area contributed by atoms with Crippen LogP contribution in [-0.2, 0) is 4.74 Å². The third kappa shape index (κ3) is 5.54. The Morgan fingerprint density at radius 3 is 2.64 bits per heavy atom. The van der Waals surface area contributed by atoms with Crippen LogP contribution in [-0.4, -0.2) is 30.0 Å². The van der Waals surface area contributed by atoms with E-state index in [0.717, 1.165) is 16.1 Å². The molecule has 0 aromatic heterocycles. The molecular formula is C17H17N3O4S. The highest BCUT2D eigenvalue weighted by Crippen LogP contribution is 2.25. The summed E-state index contributed by atoms with van der Waals surface area (Å²) >= 11 is 1.31. The highest BCUT2D eigenvalue weighted by Gasteiger charge is 2.08. The first-order chi connectivity index (χ1) is 12.0. The molecule has 0 aliphatic carbocycles. The lowest BCUT2D eigenvalue weighted by atomic mass is 10.1. The summed E-state index contributed by atoms with van der Waals surface area (Å²) in [5.74, 6) is -0.530. The molecule has 0 fully saturated rings. The molecule has 0 aliphatic rings. The first kappa shape index (κ1) is 18.3. The van der Waals surface area contributed by atoms with Crippen molar-refractivity contribution in [1.82, 2.24) is 0 Å². The number of nitrogens with one attached hydrogen (secondary N) is 3. The number of hydrogen-bond acceptors (Lipinski definition) is 7. The second kappa shape index (κ2) is 8.74. The summed E-state index contributed by atoms with van der Waals surface area (Å²) < 4.78 is 13.0. The second-order valence-corrected chi connectivity index (χ2v) is 5.84. The number of aryl methyl sites for hydroxylation is 1. The Balaban J connectivity index is 1.91.